The predicted molar refractivity (Wildman–Crippen MR) is 102 cm³/mol. The Morgan fingerprint density at radius 3 is 2.17 bits per heavy atom. The summed E-state index contributed by atoms with van der Waals surface area (Å²) in [5.74, 6) is -1.44. The molecule has 30 heavy (non-hydrogen) atoms. The van der Waals surface area contributed by atoms with E-state index in [1.807, 2.05) is 0 Å². The van der Waals surface area contributed by atoms with Gasteiger partial charge in [-0.1, -0.05) is 12.1 Å². The first-order valence-corrected chi connectivity index (χ1v) is 10.0. The third kappa shape index (κ3) is 3.89. The molecule has 3 rings (SSSR count). The van der Waals surface area contributed by atoms with Gasteiger partial charge >= 0.3 is 15.6 Å². The first-order valence-electron chi connectivity index (χ1n) is 8.60. The minimum atomic E-state index is -5.98. The second kappa shape index (κ2) is 7.71. The molecule has 11 heteroatoms. The minimum absolute atomic E-state index is 0.0451. The molecule has 1 unspecified atom stereocenters. The Kier molecular flexibility index (Phi) is 5.59. The number of anilines is 1. The van der Waals surface area contributed by atoms with Crippen molar-refractivity contribution < 1.29 is 40.0 Å². The standard InChI is InChI=1S/C19H18F3NO6S/c1-23-10-14(11-4-6-12(27-2)7-5-11)18(24)17-15(23)8-13(28-3)9-16(17)29-30(25,26)19(20,21)22/h4-9,14H,10H2,1-3H3. The van der Waals surface area contributed by atoms with Crippen molar-refractivity contribution in [1.29, 1.82) is 0 Å². The fourth-order valence-corrected chi connectivity index (χ4v) is 3.66. The third-order valence-corrected chi connectivity index (χ3v) is 5.69. The summed E-state index contributed by atoms with van der Waals surface area (Å²) in [6, 6.07) is 9.01. The Bertz CT molecular complexity index is 1070. The van der Waals surface area contributed by atoms with Crippen LogP contribution in [0.1, 0.15) is 21.8 Å². The summed E-state index contributed by atoms with van der Waals surface area (Å²) >= 11 is 0. The van der Waals surface area contributed by atoms with Gasteiger partial charge in [-0.25, -0.2) is 0 Å². The van der Waals surface area contributed by atoms with Gasteiger partial charge in [-0.05, 0) is 17.7 Å². The quantitative estimate of drug-likeness (QED) is 0.516. The number of alkyl halides is 3. The van der Waals surface area contributed by atoms with Crippen molar-refractivity contribution in [3.63, 3.8) is 0 Å². The van der Waals surface area contributed by atoms with Gasteiger partial charge in [0.15, 0.2) is 11.5 Å². The molecule has 162 valence electrons. The van der Waals surface area contributed by atoms with E-state index in [9.17, 15) is 26.4 Å². The number of carbonyl (C=O) groups is 1. The van der Waals surface area contributed by atoms with Crippen molar-refractivity contribution in [2.75, 3.05) is 32.7 Å². The molecule has 7 nitrogen and oxygen atoms in total. The Balaban J connectivity index is 2.12. The highest BCUT2D eigenvalue weighted by atomic mass is 32.2. The fourth-order valence-electron chi connectivity index (χ4n) is 3.20. The second-order valence-electron chi connectivity index (χ2n) is 6.57. The van der Waals surface area contributed by atoms with Crippen LogP contribution in [0, 0.1) is 0 Å². The molecule has 1 atom stereocenters. The molecule has 0 saturated heterocycles. The second-order valence-corrected chi connectivity index (χ2v) is 8.11. The highest BCUT2D eigenvalue weighted by molar-refractivity contribution is 7.88. The zero-order valence-corrected chi connectivity index (χ0v) is 17.0. The summed E-state index contributed by atoms with van der Waals surface area (Å²) < 4.78 is 76.3. The van der Waals surface area contributed by atoms with Crippen molar-refractivity contribution >= 4 is 21.6 Å². The number of halogens is 3. The lowest BCUT2D eigenvalue weighted by Gasteiger charge is -2.33. The largest absolute Gasteiger partial charge is 0.534 e. The average molecular weight is 445 g/mol. The van der Waals surface area contributed by atoms with Crippen LogP contribution in [0.4, 0.5) is 18.9 Å². The van der Waals surface area contributed by atoms with Gasteiger partial charge in [0.1, 0.15) is 11.5 Å². The van der Waals surface area contributed by atoms with Crippen LogP contribution in [0.25, 0.3) is 0 Å². The molecule has 0 aromatic heterocycles. The molecule has 0 aliphatic carbocycles. The molecule has 0 bridgehead atoms. The van der Waals surface area contributed by atoms with Crippen molar-refractivity contribution in [3.05, 3.63) is 47.5 Å². The van der Waals surface area contributed by atoms with Crippen LogP contribution in [-0.4, -0.2) is 47.5 Å². The number of hydrogen-bond acceptors (Lipinski definition) is 7. The zero-order chi connectivity index (χ0) is 22.3. The van der Waals surface area contributed by atoms with E-state index in [2.05, 4.69) is 4.18 Å². The molecular weight excluding hydrogens is 427 g/mol. The number of methoxy groups -OCH3 is 2. The van der Waals surface area contributed by atoms with E-state index in [1.165, 1.54) is 20.3 Å². The van der Waals surface area contributed by atoms with E-state index in [4.69, 9.17) is 9.47 Å². The molecule has 0 fully saturated rings. The predicted octanol–water partition coefficient (Wildman–Crippen LogP) is 3.35. The van der Waals surface area contributed by atoms with E-state index >= 15 is 0 Å². The summed E-state index contributed by atoms with van der Waals surface area (Å²) in [6.45, 7) is 0.219. The lowest BCUT2D eigenvalue weighted by atomic mass is 9.85. The summed E-state index contributed by atoms with van der Waals surface area (Å²) in [4.78, 5) is 14.8. The van der Waals surface area contributed by atoms with Crippen LogP contribution in [-0.2, 0) is 10.1 Å². The molecule has 1 aliphatic rings. The van der Waals surface area contributed by atoms with Gasteiger partial charge in [0.25, 0.3) is 0 Å². The van der Waals surface area contributed by atoms with E-state index < -0.39 is 33.1 Å². The Morgan fingerprint density at radius 2 is 1.63 bits per heavy atom. The van der Waals surface area contributed by atoms with Crippen molar-refractivity contribution in [2.24, 2.45) is 0 Å². The lowest BCUT2D eigenvalue weighted by molar-refractivity contribution is -0.0500. The maximum Gasteiger partial charge on any atom is 0.534 e. The number of rotatable bonds is 5. The molecule has 0 N–H and O–H groups in total. The van der Waals surface area contributed by atoms with E-state index in [1.54, 1.807) is 36.2 Å². The van der Waals surface area contributed by atoms with Gasteiger partial charge in [0.05, 0.1) is 31.4 Å². The highest BCUT2D eigenvalue weighted by Gasteiger charge is 2.49. The van der Waals surface area contributed by atoms with Crippen LogP contribution in [0.2, 0.25) is 0 Å². The van der Waals surface area contributed by atoms with Crippen molar-refractivity contribution in [2.45, 2.75) is 11.4 Å². The first kappa shape index (κ1) is 21.8. The summed E-state index contributed by atoms with van der Waals surface area (Å²) in [5.41, 5.74) is -5.12. The maximum absolute atomic E-state index is 13.2. The topological polar surface area (TPSA) is 82.1 Å². The van der Waals surface area contributed by atoms with Crippen LogP contribution in [0.5, 0.6) is 17.2 Å². The number of ketones is 1. The van der Waals surface area contributed by atoms with Crippen molar-refractivity contribution in [3.8, 4) is 17.2 Å². The van der Waals surface area contributed by atoms with Gasteiger partial charge in [0.2, 0.25) is 0 Å². The summed E-state index contributed by atoms with van der Waals surface area (Å²) in [5, 5.41) is 0. The average Bonchev–Trinajstić information content (AvgIpc) is 2.69. The van der Waals surface area contributed by atoms with Crippen molar-refractivity contribution in [1.82, 2.24) is 0 Å². The van der Waals surface area contributed by atoms with Gasteiger partial charge in [-0.15, -0.1) is 0 Å². The fraction of sp³-hybridized carbons (Fsp3) is 0.316. The van der Waals surface area contributed by atoms with Gasteiger partial charge in [-0.2, -0.15) is 21.6 Å². The molecule has 2 aromatic carbocycles. The normalized spacial score (nSPS) is 16.8. The molecule has 0 spiro atoms. The molecule has 1 heterocycles. The summed E-state index contributed by atoms with van der Waals surface area (Å²) in [6.07, 6.45) is 0. The lowest BCUT2D eigenvalue weighted by Crippen LogP contribution is -2.36. The van der Waals surface area contributed by atoms with Crippen LogP contribution < -0.4 is 18.6 Å². The summed E-state index contributed by atoms with van der Waals surface area (Å²) in [7, 11) is -1.61. The SMILES string of the molecule is COc1ccc(C2CN(C)c3cc(OC)cc(OS(=O)(=O)C(F)(F)F)c3C2=O)cc1. The number of carbonyl (C=O) groups excluding carboxylic acids is 1. The Hall–Kier alpha value is -2.95. The molecule has 1 aliphatic heterocycles. The van der Waals surface area contributed by atoms with Crippen LogP contribution in [0.15, 0.2) is 36.4 Å². The Labute approximate surface area is 171 Å². The maximum atomic E-state index is 13.2. The molecule has 0 saturated carbocycles. The number of nitrogens with zero attached hydrogens (tertiary/aromatic N) is 1. The van der Waals surface area contributed by atoms with Gasteiger partial charge in [-0.3, -0.25) is 4.79 Å². The smallest absolute Gasteiger partial charge is 0.497 e. The van der Waals surface area contributed by atoms with Crippen LogP contribution >= 0.6 is 0 Å². The number of benzene rings is 2. The molecular formula is C19H18F3NO6S. The van der Waals surface area contributed by atoms with Gasteiger partial charge < -0.3 is 18.6 Å². The monoisotopic (exact) mass is 445 g/mol. The number of Topliss-reactive ketones (excluding diaryl/α,β-unsaturated/α-hetero) is 1. The number of hydrogen-bond donors (Lipinski definition) is 0. The molecule has 0 radical (unpaired) electrons. The third-order valence-electron chi connectivity index (χ3n) is 4.72. The van der Waals surface area contributed by atoms with E-state index in [-0.39, 0.29) is 23.5 Å². The van der Waals surface area contributed by atoms with E-state index in [0.717, 1.165) is 6.07 Å². The van der Waals surface area contributed by atoms with E-state index in [0.29, 0.717) is 11.3 Å². The Morgan fingerprint density at radius 1 is 1.03 bits per heavy atom. The van der Waals surface area contributed by atoms with Crippen LogP contribution in [0.3, 0.4) is 0 Å². The van der Waals surface area contributed by atoms with Gasteiger partial charge in [0, 0.05) is 25.7 Å². The minimum Gasteiger partial charge on any atom is -0.497 e. The molecule has 2 aromatic rings. The highest BCUT2D eigenvalue weighted by Crippen LogP contribution is 2.43. The number of likely N-dealkylation sites (N-methyl/N-ethyl adjacent to an activating group) is 1. The molecule has 0 amide bonds. The first-order chi connectivity index (χ1) is 14.0. The number of ether oxygens (including phenoxy) is 2. The zero-order valence-electron chi connectivity index (χ0n) is 16.2. The number of fused-ring (bicyclic) bond motifs is 1.